The number of esters is 1. The smallest absolute Gasteiger partial charge is 0.337 e. The summed E-state index contributed by atoms with van der Waals surface area (Å²) < 4.78 is 4.58. The van der Waals surface area contributed by atoms with Crippen LogP contribution in [-0.4, -0.2) is 23.2 Å². The number of fused-ring (bicyclic) bond motifs is 1. The minimum Gasteiger partial charge on any atom is -0.495 e. The molecule has 1 aromatic heterocycles. The van der Waals surface area contributed by atoms with Crippen LogP contribution in [-0.2, 0) is 4.74 Å². The molecule has 1 heterocycles. The molecule has 2 aromatic rings. The number of carbonyl (C=O) groups excluding carboxylic acids is 1. The number of aromatic hydroxyl groups is 1. The van der Waals surface area contributed by atoms with Crippen molar-refractivity contribution in [2.75, 3.05) is 7.11 Å². The fraction of sp³-hybridized carbons (Fsp3) is 0.100. The highest BCUT2D eigenvalue weighted by atomic mass is 16.5. The highest BCUT2D eigenvalue weighted by Crippen LogP contribution is 2.20. The van der Waals surface area contributed by atoms with Crippen LogP contribution in [0, 0.1) is 0 Å². The number of aromatic nitrogens is 1. The summed E-state index contributed by atoms with van der Waals surface area (Å²) in [6, 6.07) is 6.59. The Bertz CT molecular complexity index is 487. The Balaban J connectivity index is 2.55. The lowest BCUT2D eigenvalue weighted by Crippen LogP contribution is -2.00. The van der Waals surface area contributed by atoms with Gasteiger partial charge in [-0.25, -0.2) is 4.79 Å². The van der Waals surface area contributed by atoms with Gasteiger partial charge >= 0.3 is 5.97 Å². The van der Waals surface area contributed by atoms with Crippen molar-refractivity contribution in [3.05, 3.63) is 29.8 Å². The second-order valence-corrected chi connectivity index (χ2v) is 2.95. The number of rotatable bonds is 1. The van der Waals surface area contributed by atoms with E-state index < -0.39 is 0 Å². The normalized spacial score (nSPS) is 10.4. The van der Waals surface area contributed by atoms with Crippen LogP contribution in [0.15, 0.2) is 24.3 Å². The Labute approximate surface area is 80.1 Å². The minimum absolute atomic E-state index is 0.0852. The second kappa shape index (κ2) is 3.06. The third kappa shape index (κ3) is 1.31. The van der Waals surface area contributed by atoms with E-state index in [0.29, 0.717) is 5.56 Å². The van der Waals surface area contributed by atoms with Gasteiger partial charge in [-0.1, -0.05) is 0 Å². The molecule has 0 aliphatic heterocycles. The maximum atomic E-state index is 11.2. The maximum Gasteiger partial charge on any atom is 0.337 e. The molecule has 4 heteroatoms. The van der Waals surface area contributed by atoms with E-state index in [1.54, 1.807) is 24.3 Å². The zero-order valence-electron chi connectivity index (χ0n) is 7.57. The van der Waals surface area contributed by atoms with Gasteiger partial charge in [0.15, 0.2) is 5.88 Å². The third-order valence-electron chi connectivity index (χ3n) is 2.03. The standard InChI is InChI=1S/C10H9NO3/c1-14-10(13)6-2-3-8-7(4-6)5-9(12)11-8/h2-5,11-12H,1H3. The Morgan fingerprint density at radius 3 is 2.93 bits per heavy atom. The molecule has 0 saturated heterocycles. The number of benzene rings is 1. The zero-order chi connectivity index (χ0) is 10.1. The lowest BCUT2D eigenvalue weighted by Gasteiger charge is -1.97. The first-order chi connectivity index (χ1) is 6.70. The molecule has 0 fully saturated rings. The first-order valence-electron chi connectivity index (χ1n) is 4.11. The Hall–Kier alpha value is -1.97. The fourth-order valence-electron chi connectivity index (χ4n) is 1.36. The van der Waals surface area contributed by atoms with Crippen LogP contribution in [0.1, 0.15) is 10.4 Å². The first kappa shape index (κ1) is 8.62. The highest BCUT2D eigenvalue weighted by molar-refractivity contribution is 5.94. The molecule has 14 heavy (non-hydrogen) atoms. The molecule has 2 N–H and O–H groups in total. The van der Waals surface area contributed by atoms with Gasteiger partial charge in [0, 0.05) is 17.0 Å². The molecular formula is C10H9NO3. The number of H-pyrrole nitrogens is 1. The second-order valence-electron chi connectivity index (χ2n) is 2.95. The van der Waals surface area contributed by atoms with Crippen molar-refractivity contribution >= 4 is 16.9 Å². The Kier molecular flexibility index (Phi) is 1.89. The average molecular weight is 191 g/mol. The average Bonchev–Trinajstić information content (AvgIpc) is 2.55. The summed E-state index contributed by atoms with van der Waals surface area (Å²) in [7, 11) is 1.33. The summed E-state index contributed by atoms with van der Waals surface area (Å²) in [4.78, 5) is 13.9. The number of carbonyl (C=O) groups is 1. The van der Waals surface area contributed by atoms with Gasteiger partial charge in [0.2, 0.25) is 0 Å². The minimum atomic E-state index is -0.382. The summed E-state index contributed by atoms with van der Waals surface area (Å²) in [6.07, 6.45) is 0. The molecule has 0 bridgehead atoms. The molecular weight excluding hydrogens is 182 g/mol. The molecule has 0 amide bonds. The Morgan fingerprint density at radius 1 is 1.43 bits per heavy atom. The van der Waals surface area contributed by atoms with E-state index in [9.17, 15) is 9.90 Å². The number of hydrogen-bond acceptors (Lipinski definition) is 3. The van der Waals surface area contributed by atoms with Crippen molar-refractivity contribution in [1.29, 1.82) is 0 Å². The molecule has 0 radical (unpaired) electrons. The summed E-state index contributed by atoms with van der Waals surface area (Å²) in [5.74, 6) is -0.297. The molecule has 2 rings (SSSR count). The maximum absolute atomic E-state index is 11.2. The van der Waals surface area contributed by atoms with E-state index in [1.807, 2.05) is 0 Å². The largest absolute Gasteiger partial charge is 0.495 e. The fourth-order valence-corrected chi connectivity index (χ4v) is 1.36. The third-order valence-corrected chi connectivity index (χ3v) is 2.03. The van der Waals surface area contributed by atoms with Crippen LogP contribution in [0.4, 0.5) is 0 Å². The van der Waals surface area contributed by atoms with Crippen LogP contribution in [0.5, 0.6) is 5.88 Å². The SMILES string of the molecule is COC(=O)c1ccc2[nH]c(O)cc2c1. The van der Waals surface area contributed by atoms with Gasteiger partial charge in [-0.3, -0.25) is 0 Å². The number of hydrogen-bond donors (Lipinski definition) is 2. The van der Waals surface area contributed by atoms with Gasteiger partial charge in [0.05, 0.1) is 12.7 Å². The van der Waals surface area contributed by atoms with Gasteiger partial charge < -0.3 is 14.8 Å². The van der Waals surface area contributed by atoms with Crippen LogP contribution < -0.4 is 0 Å². The molecule has 0 aliphatic carbocycles. The number of aromatic amines is 1. The van der Waals surface area contributed by atoms with Crippen molar-refractivity contribution in [2.24, 2.45) is 0 Å². The van der Waals surface area contributed by atoms with Crippen LogP contribution in [0.25, 0.3) is 10.9 Å². The van der Waals surface area contributed by atoms with E-state index in [-0.39, 0.29) is 11.8 Å². The Morgan fingerprint density at radius 2 is 2.21 bits per heavy atom. The van der Waals surface area contributed by atoms with Gasteiger partial charge in [-0.15, -0.1) is 0 Å². The van der Waals surface area contributed by atoms with Crippen molar-refractivity contribution in [1.82, 2.24) is 4.98 Å². The monoisotopic (exact) mass is 191 g/mol. The first-order valence-corrected chi connectivity index (χ1v) is 4.11. The summed E-state index contributed by atoms with van der Waals surface area (Å²) in [5, 5.41) is 9.95. The molecule has 0 atom stereocenters. The quantitative estimate of drug-likeness (QED) is 0.674. The molecule has 0 unspecified atom stereocenters. The lowest BCUT2D eigenvalue weighted by molar-refractivity contribution is 0.0601. The zero-order valence-corrected chi connectivity index (χ0v) is 7.57. The molecule has 72 valence electrons. The summed E-state index contributed by atoms with van der Waals surface area (Å²) in [5.41, 5.74) is 1.26. The molecule has 4 nitrogen and oxygen atoms in total. The topological polar surface area (TPSA) is 62.3 Å². The number of ether oxygens (including phenoxy) is 1. The van der Waals surface area contributed by atoms with Gasteiger partial charge in [0.1, 0.15) is 0 Å². The van der Waals surface area contributed by atoms with Gasteiger partial charge in [0.25, 0.3) is 0 Å². The predicted octanol–water partition coefficient (Wildman–Crippen LogP) is 1.66. The molecule has 0 aliphatic rings. The van der Waals surface area contributed by atoms with E-state index in [4.69, 9.17) is 0 Å². The van der Waals surface area contributed by atoms with Gasteiger partial charge in [-0.05, 0) is 18.2 Å². The van der Waals surface area contributed by atoms with Crippen molar-refractivity contribution in [2.45, 2.75) is 0 Å². The van der Waals surface area contributed by atoms with Crippen molar-refractivity contribution < 1.29 is 14.6 Å². The van der Waals surface area contributed by atoms with E-state index in [1.165, 1.54) is 7.11 Å². The van der Waals surface area contributed by atoms with E-state index in [2.05, 4.69) is 9.72 Å². The van der Waals surface area contributed by atoms with Crippen LogP contribution >= 0.6 is 0 Å². The lowest BCUT2D eigenvalue weighted by atomic mass is 10.1. The van der Waals surface area contributed by atoms with Crippen molar-refractivity contribution in [3.8, 4) is 5.88 Å². The molecule has 0 saturated carbocycles. The van der Waals surface area contributed by atoms with E-state index >= 15 is 0 Å². The molecule has 0 spiro atoms. The van der Waals surface area contributed by atoms with E-state index in [0.717, 1.165) is 10.9 Å². The predicted molar refractivity (Wildman–Crippen MR) is 51.3 cm³/mol. The number of methoxy groups -OCH3 is 1. The summed E-state index contributed by atoms with van der Waals surface area (Å²) >= 11 is 0. The highest BCUT2D eigenvalue weighted by Gasteiger charge is 2.06. The van der Waals surface area contributed by atoms with Crippen LogP contribution in [0.3, 0.4) is 0 Å². The molecule has 1 aromatic carbocycles. The van der Waals surface area contributed by atoms with Gasteiger partial charge in [-0.2, -0.15) is 0 Å². The van der Waals surface area contributed by atoms with Crippen molar-refractivity contribution in [3.63, 3.8) is 0 Å². The summed E-state index contributed by atoms with van der Waals surface area (Å²) in [6.45, 7) is 0. The number of nitrogens with one attached hydrogen (secondary N) is 1. The van der Waals surface area contributed by atoms with Crippen LogP contribution in [0.2, 0.25) is 0 Å².